The molecule has 0 saturated carbocycles. The molecule has 122 valence electrons. The van der Waals surface area contributed by atoms with Gasteiger partial charge in [0.05, 0.1) is 17.9 Å². The first kappa shape index (κ1) is 16.4. The Balaban J connectivity index is 2.02. The van der Waals surface area contributed by atoms with Gasteiger partial charge < -0.3 is 24.7 Å². The fourth-order valence-corrected chi connectivity index (χ4v) is 2.37. The Kier molecular flexibility index (Phi) is 4.75. The normalized spacial score (nSPS) is 19.2. The van der Waals surface area contributed by atoms with Gasteiger partial charge in [0.1, 0.15) is 11.9 Å². The molecule has 1 aliphatic rings. The van der Waals surface area contributed by atoms with Crippen molar-refractivity contribution in [2.75, 3.05) is 26.2 Å². The van der Waals surface area contributed by atoms with Crippen LogP contribution >= 0.6 is 0 Å². The standard InChI is InChI=1S/C15H23N3O4/c1-15(2,3)22-14(20)17-5-6-18(12(8-16)9-17)13(19)11-4-7-21-10-11/h4,7,10,12H,5-6,8-9,16H2,1-3H3. The molecule has 1 aromatic rings. The zero-order valence-electron chi connectivity index (χ0n) is 13.2. The molecule has 0 aliphatic carbocycles. The van der Waals surface area contributed by atoms with Crippen LogP contribution in [0.15, 0.2) is 23.0 Å². The summed E-state index contributed by atoms with van der Waals surface area (Å²) in [4.78, 5) is 27.8. The Morgan fingerprint density at radius 3 is 2.68 bits per heavy atom. The van der Waals surface area contributed by atoms with Gasteiger partial charge in [0.25, 0.3) is 5.91 Å². The molecule has 22 heavy (non-hydrogen) atoms. The highest BCUT2D eigenvalue weighted by atomic mass is 16.6. The lowest BCUT2D eigenvalue weighted by molar-refractivity contribution is 0.00526. The van der Waals surface area contributed by atoms with E-state index in [-0.39, 0.29) is 24.6 Å². The molecule has 2 heterocycles. The minimum Gasteiger partial charge on any atom is -0.472 e. The summed E-state index contributed by atoms with van der Waals surface area (Å²) in [5.41, 5.74) is 5.73. The maximum absolute atomic E-state index is 12.4. The Bertz CT molecular complexity index is 521. The van der Waals surface area contributed by atoms with Crippen LogP contribution in [0.25, 0.3) is 0 Å². The molecule has 1 saturated heterocycles. The topological polar surface area (TPSA) is 89.0 Å². The van der Waals surface area contributed by atoms with Gasteiger partial charge in [-0.1, -0.05) is 0 Å². The SMILES string of the molecule is CC(C)(C)OC(=O)N1CCN(C(=O)c2ccoc2)C(CN)C1. The molecule has 1 aliphatic heterocycles. The van der Waals surface area contributed by atoms with Crippen molar-refractivity contribution in [3.05, 3.63) is 24.2 Å². The van der Waals surface area contributed by atoms with Crippen molar-refractivity contribution in [2.24, 2.45) is 5.73 Å². The van der Waals surface area contributed by atoms with Crippen LogP contribution in [-0.4, -0.2) is 59.6 Å². The van der Waals surface area contributed by atoms with Gasteiger partial charge in [0, 0.05) is 26.2 Å². The molecule has 2 amide bonds. The molecule has 0 aromatic carbocycles. The van der Waals surface area contributed by atoms with E-state index < -0.39 is 5.60 Å². The number of furan rings is 1. The molecule has 1 aromatic heterocycles. The Morgan fingerprint density at radius 1 is 1.41 bits per heavy atom. The highest BCUT2D eigenvalue weighted by Crippen LogP contribution is 2.17. The summed E-state index contributed by atoms with van der Waals surface area (Å²) in [6, 6.07) is 1.39. The average molecular weight is 309 g/mol. The maximum Gasteiger partial charge on any atom is 0.410 e. The van der Waals surface area contributed by atoms with E-state index in [9.17, 15) is 9.59 Å². The molecule has 0 radical (unpaired) electrons. The molecule has 2 N–H and O–H groups in total. The fourth-order valence-electron chi connectivity index (χ4n) is 2.37. The monoisotopic (exact) mass is 309 g/mol. The van der Waals surface area contributed by atoms with Crippen LogP contribution in [0.2, 0.25) is 0 Å². The molecule has 0 spiro atoms. The fraction of sp³-hybridized carbons (Fsp3) is 0.600. The Labute approximate surface area is 130 Å². The van der Waals surface area contributed by atoms with E-state index in [0.717, 1.165) is 0 Å². The van der Waals surface area contributed by atoms with Crippen LogP contribution < -0.4 is 5.73 Å². The van der Waals surface area contributed by atoms with Crippen molar-refractivity contribution in [1.82, 2.24) is 9.80 Å². The van der Waals surface area contributed by atoms with Crippen molar-refractivity contribution in [1.29, 1.82) is 0 Å². The summed E-state index contributed by atoms with van der Waals surface area (Å²) in [6.07, 6.45) is 2.50. The summed E-state index contributed by atoms with van der Waals surface area (Å²) in [5.74, 6) is -0.131. The van der Waals surface area contributed by atoms with E-state index in [1.807, 2.05) is 20.8 Å². The van der Waals surface area contributed by atoms with Gasteiger partial charge in [-0.3, -0.25) is 4.79 Å². The van der Waals surface area contributed by atoms with Gasteiger partial charge in [-0.15, -0.1) is 0 Å². The van der Waals surface area contributed by atoms with Crippen LogP contribution in [0.4, 0.5) is 4.79 Å². The van der Waals surface area contributed by atoms with Crippen molar-refractivity contribution in [3.8, 4) is 0 Å². The first-order chi connectivity index (χ1) is 10.3. The zero-order valence-corrected chi connectivity index (χ0v) is 13.2. The highest BCUT2D eigenvalue weighted by Gasteiger charge is 2.34. The number of nitrogens with two attached hydrogens (primary N) is 1. The Morgan fingerprint density at radius 2 is 2.14 bits per heavy atom. The van der Waals surface area contributed by atoms with Crippen molar-refractivity contribution < 1.29 is 18.7 Å². The number of carbonyl (C=O) groups excluding carboxylic acids is 2. The lowest BCUT2D eigenvalue weighted by atomic mass is 10.1. The van der Waals surface area contributed by atoms with E-state index in [1.54, 1.807) is 15.9 Å². The molecule has 1 atom stereocenters. The molecule has 7 nitrogen and oxygen atoms in total. The highest BCUT2D eigenvalue weighted by molar-refractivity contribution is 5.94. The summed E-state index contributed by atoms with van der Waals surface area (Å²) in [7, 11) is 0. The van der Waals surface area contributed by atoms with E-state index in [1.165, 1.54) is 12.5 Å². The molecule has 7 heteroatoms. The summed E-state index contributed by atoms with van der Waals surface area (Å²) in [5, 5.41) is 0. The number of piperazine rings is 1. The van der Waals surface area contributed by atoms with E-state index in [4.69, 9.17) is 14.9 Å². The lowest BCUT2D eigenvalue weighted by Gasteiger charge is -2.41. The van der Waals surface area contributed by atoms with E-state index >= 15 is 0 Å². The number of amides is 2. The minimum absolute atomic E-state index is 0.131. The Hall–Kier alpha value is -2.02. The second kappa shape index (κ2) is 6.39. The number of carbonyl (C=O) groups is 2. The largest absolute Gasteiger partial charge is 0.472 e. The predicted molar refractivity (Wildman–Crippen MR) is 80.4 cm³/mol. The van der Waals surface area contributed by atoms with Crippen molar-refractivity contribution >= 4 is 12.0 Å². The molecular formula is C15H23N3O4. The molecular weight excluding hydrogens is 286 g/mol. The lowest BCUT2D eigenvalue weighted by Crippen LogP contribution is -2.59. The van der Waals surface area contributed by atoms with Crippen LogP contribution in [-0.2, 0) is 4.74 Å². The smallest absolute Gasteiger partial charge is 0.410 e. The summed E-state index contributed by atoms with van der Waals surface area (Å²) < 4.78 is 10.3. The predicted octanol–water partition coefficient (Wildman–Crippen LogP) is 1.30. The quantitative estimate of drug-likeness (QED) is 0.889. The zero-order chi connectivity index (χ0) is 16.3. The molecule has 1 unspecified atom stereocenters. The first-order valence-corrected chi connectivity index (χ1v) is 7.33. The van der Waals surface area contributed by atoms with Gasteiger partial charge >= 0.3 is 6.09 Å². The number of hydrogen-bond acceptors (Lipinski definition) is 5. The minimum atomic E-state index is -0.543. The number of hydrogen-bond donors (Lipinski definition) is 1. The summed E-state index contributed by atoms with van der Waals surface area (Å²) in [6.45, 7) is 6.97. The van der Waals surface area contributed by atoms with Crippen LogP contribution in [0.5, 0.6) is 0 Å². The third-order valence-corrected chi connectivity index (χ3v) is 3.44. The third-order valence-electron chi connectivity index (χ3n) is 3.44. The second-order valence-corrected chi connectivity index (χ2v) is 6.33. The number of ether oxygens (including phenoxy) is 1. The number of nitrogens with zero attached hydrogens (tertiary/aromatic N) is 2. The van der Waals surface area contributed by atoms with Crippen LogP contribution in [0.1, 0.15) is 31.1 Å². The summed E-state index contributed by atoms with van der Waals surface area (Å²) >= 11 is 0. The van der Waals surface area contributed by atoms with Gasteiger partial charge in [-0.2, -0.15) is 0 Å². The van der Waals surface area contributed by atoms with Crippen LogP contribution in [0, 0.1) is 0 Å². The molecule has 1 fully saturated rings. The maximum atomic E-state index is 12.4. The first-order valence-electron chi connectivity index (χ1n) is 7.33. The number of rotatable bonds is 2. The van der Waals surface area contributed by atoms with Crippen molar-refractivity contribution in [2.45, 2.75) is 32.4 Å². The van der Waals surface area contributed by atoms with E-state index in [0.29, 0.717) is 25.2 Å². The average Bonchev–Trinajstić information content (AvgIpc) is 2.98. The van der Waals surface area contributed by atoms with Gasteiger partial charge in [-0.25, -0.2) is 4.79 Å². The van der Waals surface area contributed by atoms with E-state index in [2.05, 4.69) is 0 Å². The van der Waals surface area contributed by atoms with Crippen LogP contribution in [0.3, 0.4) is 0 Å². The van der Waals surface area contributed by atoms with Gasteiger partial charge in [0.15, 0.2) is 0 Å². The molecule has 0 bridgehead atoms. The van der Waals surface area contributed by atoms with Crippen molar-refractivity contribution in [3.63, 3.8) is 0 Å². The molecule has 2 rings (SSSR count). The second-order valence-electron chi connectivity index (χ2n) is 6.33. The third kappa shape index (κ3) is 3.79. The van der Waals surface area contributed by atoms with Gasteiger partial charge in [0.2, 0.25) is 0 Å². The van der Waals surface area contributed by atoms with Gasteiger partial charge in [-0.05, 0) is 26.8 Å².